The summed E-state index contributed by atoms with van der Waals surface area (Å²) in [6.07, 6.45) is 4.64. The lowest BCUT2D eigenvalue weighted by Crippen LogP contribution is -2.42. The second-order valence-corrected chi connectivity index (χ2v) is 11.4. The van der Waals surface area contributed by atoms with Crippen molar-refractivity contribution in [1.29, 1.82) is 5.26 Å². The fraction of sp³-hybridized carbons (Fsp3) is 0.344. The van der Waals surface area contributed by atoms with Crippen molar-refractivity contribution in [3.05, 3.63) is 88.6 Å². The number of hydrogen-bond acceptors (Lipinski definition) is 9. The van der Waals surface area contributed by atoms with E-state index in [1.165, 1.54) is 10.7 Å². The molecule has 0 saturated carbocycles. The van der Waals surface area contributed by atoms with E-state index in [-0.39, 0.29) is 18.2 Å². The van der Waals surface area contributed by atoms with Crippen molar-refractivity contribution in [1.82, 2.24) is 29.6 Å². The van der Waals surface area contributed by atoms with Crippen molar-refractivity contribution in [2.45, 2.75) is 45.8 Å². The summed E-state index contributed by atoms with van der Waals surface area (Å²) in [4.78, 5) is 40.1. The lowest BCUT2D eigenvalue weighted by molar-refractivity contribution is 0.0165. The molecular formula is C32H33N7O4. The molecule has 1 amide bonds. The molecule has 0 spiro atoms. The minimum Gasteiger partial charge on any atom is -0.490 e. The number of pyridine rings is 1. The molecule has 5 rings (SSSR count). The van der Waals surface area contributed by atoms with Crippen molar-refractivity contribution < 1.29 is 14.3 Å². The smallest absolute Gasteiger partial charge is 0.410 e. The quantitative estimate of drug-likeness (QED) is 0.305. The molecule has 3 aromatic heterocycles. The Morgan fingerprint density at radius 1 is 1.02 bits per heavy atom. The van der Waals surface area contributed by atoms with Crippen LogP contribution >= 0.6 is 0 Å². The van der Waals surface area contributed by atoms with Crippen LogP contribution in [-0.4, -0.2) is 61.0 Å². The van der Waals surface area contributed by atoms with Crippen molar-refractivity contribution in [3.63, 3.8) is 0 Å². The average molecular weight is 580 g/mol. The molecule has 0 atom stereocenters. The van der Waals surface area contributed by atoms with Crippen molar-refractivity contribution in [2.24, 2.45) is 5.92 Å². The third kappa shape index (κ3) is 7.80. The number of amides is 1. The zero-order chi connectivity index (χ0) is 30.4. The number of ether oxygens (including phenoxy) is 2. The van der Waals surface area contributed by atoms with Crippen LogP contribution in [0, 0.1) is 17.2 Å². The van der Waals surface area contributed by atoms with Crippen molar-refractivity contribution in [3.8, 4) is 34.6 Å². The van der Waals surface area contributed by atoms with Crippen LogP contribution in [0.3, 0.4) is 0 Å². The Morgan fingerprint density at radius 3 is 2.49 bits per heavy atom. The van der Waals surface area contributed by atoms with E-state index in [1.54, 1.807) is 47.6 Å². The van der Waals surface area contributed by atoms with Gasteiger partial charge in [-0.1, -0.05) is 18.2 Å². The molecular weight excluding hydrogens is 546 g/mol. The standard InChI is InChI=1S/C32H33N7O4/c1-32(2,3)43-31(41)38-14-12-22(13-15-38)21-42-26-18-34-30(35-19-26)28-9-5-8-25(36-28)20-39-29(40)11-10-27(37-39)24-7-4-6-23(16-24)17-33/h4-11,16,18-19,22H,12-15,20-21H2,1-3H3. The van der Waals surface area contributed by atoms with Crippen LogP contribution in [0.2, 0.25) is 0 Å². The highest BCUT2D eigenvalue weighted by atomic mass is 16.6. The van der Waals surface area contributed by atoms with Gasteiger partial charge in [-0.05, 0) is 69.9 Å². The highest BCUT2D eigenvalue weighted by Gasteiger charge is 2.27. The lowest BCUT2D eigenvalue weighted by Gasteiger charge is -2.33. The number of carbonyl (C=O) groups excluding carboxylic acids is 1. The molecule has 4 heterocycles. The predicted molar refractivity (Wildman–Crippen MR) is 159 cm³/mol. The summed E-state index contributed by atoms with van der Waals surface area (Å²) >= 11 is 0. The normalized spacial score (nSPS) is 13.8. The van der Waals surface area contributed by atoms with E-state index in [9.17, 15) is 14.9 Å². The highest BCUT2D eigenvalue weighted by molar-refractivity contribution is 5.68. The molecule has 43 heavy (non-hydrogen) atoms. The molecule has 0 unspecified atom stereocenters. The number of nitrogens with zero attached hydrogens (tertiary/aromatic N) is 7. The number of benzene rings is 1. The summed E-state index contributed by atoms with van der Waals surface area (Å²) in [6, 6.07) is 17.7. The van der Waals surface area contributed by atoms with Gasteiger partial charge in [-0.15, -0.1) is 0 Å². The molecule has 4 aromatic rings. The van der Waals surface area contributed by atoms with E-state index < -0.39 is 5.60 Å². The zero-order valence-electron chi connectivity index (χ0n) is 24.4. The van der Waals surface area contributed by atoms with E-state index in [4.69, 9.17) is 9.47 Å². The third-order valence-corrected chi connectivity index (χ3v) is 6.88. The third-order valence-electron chi connectivity index (χ3n) is 6.88. The van der Waals surface area contributed by atoms with Gasteiger partial charge in [0.05, 0.1) is 48.6 Å². The maximum atomic E-state index is 12.6. The van der Waals surface area contributed by atoms with E-state index in [0.29, 0.717) is 59.8 Å². The molecule has 1 saturated heterocycles. The van der Waals surface area contributed by atoms with Crippen LogP contribution < -0.4 is 10.3 Å². The lowest BCUT2D eigenvalue weighted by atomic mass is 9.98. The Hall–Kier alpha value is -5.11. The summed E-state index contributed by atoms with van der Waals surface area (Å²) < 4.78 is 12.8. The van der Waals surface area contributed by atoms with Crippen LogP contribution in [0.1, 0.15) is 44.9 Å². The zero-order valence-corrected chi connectivity index (χ0v) is 24.4. The summed E-state index contributed by atoms with van der Waals surface area (Å²) in [5.74, 6) is 1.31. The van der Waals surface area contributed by atoms with Crippen LogP contribution in [0.4, 0.5) is 4.79 Å². The van der Waals surface area contributed by atoms with Gasteiger partial charge in [0.2, 0.25) is 0 Å². The van der Waals surface area contributed by atoms with Crippen LogP contribution in [0.5, 0.6) is 5.75 Å². The average Bonchev–Trinajstić information content (AvgIpc) is 3.01. The predicted octanol–water partition coefficient (Wildman–Crippen LogP) is 4.71. The highest BCUT2D eigenvalue weighted by Crippen LogP contribution is 2.22. The second-order valence-electron chi connectivity index (χ2n) is 11.4. The van der Waals surface area contributed by atoms with Crippen molar-refractivity contribution in [2.75, 3.05) is 19.7 Å². The number of hydrogen-bond donors (Lipinski definition) is 0. The summed E-state index contributed by atoms with van der Waals surface area (Å²) in [6.45, 7) is 7.55. The second kappa shape index (κ2) is 12.8. The fourth-order valence-corrected chi connectivity index (χ4v) is 4.66. The number of aromatic nitrogens is 5. The Kier molecular flexibility index (Phi) is 8.76. The van der Waals surface area contributed by atoms with E-state index in [0.717, 1.165) is 18.4 Å². The van der Waals surface area contributed by atoms with E-state index in [2.05, 4.69) is 26.1 Å². The summed E-state index contributed by atoms with van der Waals surface area (Å²) in [7, 11) is 0. The molecule has 11 heteroatoms. The fourth-order valence-electron chi connectivity index (χ4n) is 4.66. The van der Waals surface area contributed by atoms with Crippen LogP contribution in [-0.2, 0) is 11.3 Å². The Bertz CT molecular complexity index is 1680. The molecule has 0 bridgehead atoms. The topological polar surface area (TPSA) is 136 Å². The van der Waals surface area contributed by atoms with Gasteiger partial charge in [-0.2, -0.15) is 10.4 Å². The largest absolute Gasteiger partial charge is 0.490 e. The summed E-state index contributed by atoms with van der Waals surface area (Å²) in [5.41, 5.74) is 2.26. The first-order valence-corrected chi connectivity index (χ1v) is 14.1. The van der Waals surface area contributed by atoms with Gasteiger partial charge < -0.3 is 14.4 Å². The summed E-state index contributed by atoms with van der Waals surface area (Å²) in [5, 5.41) is 13.7. The minimum atomic E-state index is -0.504. The van der Waals surface area contributed by atoms with Crippen molar-refractivity contribution >= 4 is 6.09 Å². The molecule has 1 aromatic carbocycles. The minimum absolute atomic E-state index is 0.159. The molecule has 11 nitrogen and oxygen atoms in total. The number of carbonyl (C=O) groups is 1. The van der Waals surface area contributed by atoms with Crippen LogP contribution in [0.25, 0.3) is 22.8 Å². The molecule has 1 aliphatic rings. The Balaban J connectivity index is 1.18. The number of piperidine rings is 1. The van der Waals surface area contributed by atoms with Crippen LogP contribution in [0.15, 0.2) is 71.8 Å². The van der Waals surface area contributed by atoms with E-state index in [1.807, 2.05) is 39.0 Å². The molecule has 0 N–H and O–H groups in total. The Labute approximate surface area is 249 Å². The van der Waals surface area contributed by atoms with Gasteiger partial charge >= 0.3 is 6.09 Å². The van der Waals surface area contributed by atoms with E-state index >= 15 is 0 Å². The number of likely N-dealkylation sites (tertiary alicyclic amines) is 1. The van der Waals surface area contributed by atoms with Gasteiger partial charge in [0.15, 0.2) is 11.6 Å². The van der Waals surface area contributed by atoms with Gasteiger partial charge in [-0.25, -0.2) is 24.4 Å². The van der Waals surface area contributed by atoms with Gasteiger partial charge in [0.25, 0.3) is 5.56 Å². The number of rotatable bonds is 7. The molecule has 1 fully saturated rings. The first kappa shape index (κ1) is 29.4. The van der Waals surface area contributed by atoms with Gasteiger partial charge in [0.1, 0.15) is 11.3 Å². The maximum absolute atomic E-state index is 12.6. The first-order chi connectivity index (χ1) is 20.7. The number of nitriles is 1. The SMILES string of the molecule is CC(C)(C)OC(=O)N1CCC(COc2cnc(-c3cccc(Cn4nc(-c5cccc(C#N)c5)ccc4=O)n3)nc2)CC1. The first-order valence-electron chi connectivity index (χ1n) is 14.1. The molecule has 1 aliphatic heterocycles. The monoisotopic (exact) mass is 579 g/mol. The van der Waals surface area contributed by atoms with Gasteiger partial charge in [0, 0.05) is 24.7 Å². The maximum Gasteiger partial charge on any atom is 0.410 e. The Morgan fingerprint density at radius 2 is 1.77 bits per heavy atom. The molecule has 0 radical (unpaired) electrons. The van der Waals surface area contributed by atoms with Gasteiger partial charge in [-0.3, -0.25) is 4.79 Å². The molecule has 220 valence electrons. The molecule has 0 aliphatic carbocycles.